The summed E-state index contributed by atoms with van der Waals surface area (Å²) in [5, 5.41) is 1.21. The molecule has 1 fully saturated rings. The van der Waals surface area contributed by atoms with E-state index in [0.717, 1.165) is 13.0 Å². The minimum atomic E-state index is 0.276. The van der Waals surface area contributed by atoms with Gasteiger partial charge >= 0.3 is 0 Å². The van der Waals surface area contributed by atoms with Crippen molar-refractivity contribution in [3.63, 3.8) is 0 Å². The Balaban J connectivity index is 2.19. The van der Waals surface area contributed by atoms with Gasteiger partial charge in [0.25, 0.3) is 0 Å². The molecule has 2 N–H and O–H groups in total. The van der Waals surface area contributed by atoms with Crippen LogP contribution in [-0.2, 0) is 0 Å². The van der Waals surface area contributed by atoms with Gasteiger partial charge < -0.3 is 10.6 Å². The lowest BCUT2D eigenvalue weighted by atomic mass is 10.0. The lowest BCUT2D eigenvalue weighted by molar-refractivity contribution is 0.491. The summed E-state index contributed by atoms with van der Waals surface area (Å²) in [6.07, 6.45) is 6.30. The monoisotopic (exact) mass is 267 g/mol. The van der Waals surface area contributed by atoms with Crippen molar-refractivity contribution in [2.45, 2.75) is 65.0 Å². The first-order chi connectivity index (χ1) is 8.58. The Bertz CT molecular complexity index is 367. The fourth-order valence-corrected chi connectivity index (χ4v) is 3.69. The molecule has 1 aromatic heterocycles. The van der Waals surface area contributed by atoms with Crippen molar-refractivity contribution in [2.24, 2.45) is 5.73 Å². The molecule has 0 spiro atoms. The molecule has 2 heterocycles. The fraction of sp³-hybridized carbons (Fsp3) is 0.786. The zero-order valence-corrected chi connectivity index (χ0v) is 12.6. The second-order valence-electron chi connectivity index (χ2n) is 5.55. The molecule has 4 heteroatoms. The Kier molecular flexibility index (Phi) is 4.62. The Morgan fingerprint density at radius 3 is 2.78 bits per heavy atom. The number of thiazole rings is 1. The molecule has 1 aliphatic rings. The predicted octanol–water partition coefficient (Wildman–Crippen LogP) is 3.25. The van der Waals surface area contributed by atoms with Crippen LogP contribution in [0.2, 0.25) is 0 Å². The molecule has 1 aliphatic heterocycles. The molecule has 0 radical (unpaired) electrons. The van der Waals surface area contributed by atoms with Crippen LogP contribution in [-0.4, -0.2) is 23.6 Å². The number of hydrogen-bond donors (Lipinski definition) is 1. The molecule has 1 aromatic rings. The molecule has 18 heavy (non-hydrogen) atoms. The molecule has 0 aromatic carbocycles. The van der Waals surface area contributed by atoms with Gasteiger partial charge in [0.15, 0.2) is 5.13 Å². The van der Waals surface area contributed by atoms with Crippen LogP contribution in [0.5, 0.6) is 0 Å². The van der Waals surface area contributed by atoms with Crippen molar-refractivity contribution in [1.82, 2.24) is 4.98 Å². The van der Waals surface area contributed by atoms with Gasteiger partial charge in [-0.3, -0.25) is 0 Å². The highest BCUT2D eigenvalue weighted by Crippen LogP contribution is 2.31. The van der Waals surface area contributed by atoms with E-state index in [1.54, 1.807) is 0 Å². The van der Waals surface area contributed by atoms with Gasteiger partial charge in [0.05, 0.1) is 5.69 Å². The van der Waals surface area contributed by atoms with Crippen molar-refractivity contribution in [1.29, 1.82) is 0 Å². The zero-order valence-electron chi connectivity index (χ0n) is 11.8. The van der Waals surface area contributed by atoms with E-state index in [0.29, 0.717) is 6.04 Å². The van der Waals surface area contributed by atoms with Crippen LogP contribution in [0.25, 0.3) is 0 Å². The molecule has 2 atom stereocenters. The summed E-state index contributed by atoms with van der Waals surface area (Å²) in [7, 11) is 0. The molecule has 0 aliphatic carbocycles. The van der Waals surface area contributed by atoms with Gasteiger partial charge in [0.2, 0.25) is 0 Å². The van der Waals surface area contributed by atoms with E-state index in [9.17, 15) is 0 Å². The summed E-state index contributed by atoms with van der Waals surface area (Å²) < 4.78 is 0. The molecule has 0 amide bonds. The molecule has 2 unspecified atom stereocenters. The summed E-state index contributed by atoms with van der Waals surface area (Å²) in [4.78, 5) is 8.59. The van der Waals surface area contributed by atoms with E-state index in [1.807, 2.05) is 11.3 Å². The second kappa shape index (κ2) is 6.02. The zero-order chi connectivity index (χ0) is 13.1. The topological polar surface area (TPSA) is 42.2 Å². The van der Waals surface area contributed by atoms with Crippen LogP contribution in [0.1, 0.15) is 49.6 Å². The molecule has 102 valence electrons. The first kappa shape index (κ1) is 13.8. The number of nitrogens with two attached hydrogens (primary N) is 1. The molecule has 2 rings (SSSR count). The highest BCUT2D eigenvalue weighted by molar-refractivity contribution is 7.15. The van der Waals surface area contributed by atoms with E-state index < -0.39 is 0 Å². The Hall–Kier alpha value is -0.610. The smallest absolute Gasteiger partial charge is 0.186 e. The van der Waals surface area contributed by atoms with Crippen LogP contribution in [0, 0.1) is 13.8 Å². The van der Waals surface area contributed by atoms with Gasteiger partial charge in [0, 0.05) is 23.5 Å². The van der Waals surface area contributed by atoms with Crippen LogP contribution >= 0.6 is 11.3 Å². The Labute approximate surface area is 114 Å². The minimum Gasteiger partial charge on any atom is -0.345 e. The number of nitrogens with zero attached hydrogens (tertiary/aromatic N) is 2. The van der Waals surface area contributed by atoms with Gasteiger partial charge in [-0.2, -0.15) is 0 Å². The fourth-order valence-electron chi connectivity index (χ4n) is 2.68. The van der Waals surface area contributed by atoms with Crippen molar-refractivity contribution < 1.29 is 0 Å². The minimum absolute atomic E-state index is 0.276. The van der Waals surface area contributed by atoms with E-state index in [-0.39, 0.29) is 6.04 Å². The van der Waals surface area contributed by atoms with E-state index >= 15 is 0 Å². The van der Waals surface area contributed by atoms with E-state index in [2.05, 4.69) is 25.7 Å². The van der Waals surface area contributed by atoms with Crippen molar-refractivity contribution in [2.75, 3.05) is 11.4 Å². The number of hydrogen-bond acceptors (Lipinski definition) is 4. The Morgan fingerprint density at radius 2 is 2.17 bits per heavy atom. The van der Waals surface area contributed by atoms with Crippen molar-refractivity contribution in [3.05, 3.63) is 10.6 Å². The summed E-state index contributed by atoms with van der Waals surface area (Å²) in [6.45, 7) is 7.52. The highest BCUT2D eigenvalue weighted by Gasteiger charge is 2.24. The average molecular weight is 267 g/mol. The highest BCUT2D eigenvalue weighted by atomic mass is 32.1. The van der Waals surface area contributed by atoms with E-state index in [1.165, 1.54) is 41.4 Å². The normalized spacial score (nSPS) is 22.9. The van der Waals surface area contributed by atoms with Crippen LogP contribution in [0.3, 0.4) is 0 Å². The average Bonchev–Trinajstić information content (AvgIpc) is 2.52. The van der Waals surface area contributed by atoms with Crippen molar-refractivity contribution in [3.8, 4) is 0 Å². The first-order valence-corrected chi connectivity index (χ1v) is 7.86. The van der Waals surface area contributed by atoms with Crippen LogP contribution in [0.15, 0.2) is 0 Å². The van der Waals surface area contributed by atoms with Crippen LogP contribution < -0.4 is 10.6 Å². The van der Waals surface area contributed by atoms with Gasteiger partial charge in [-0.1, -0.05) is 12.8 Å². The molecule has 1 saturated heterocycles. The first-order valence-electron chi connectivity index (χ1n) is 7.04. The van der Waals surface area contributed by atoms with Gasteiger partial charge in [-0.05, 0) is 40.0 Å². The largest absolute Gasteiger partial charge is 0.345 e. The molecular formula is C14H25N3S. The molecule has 0 saturated carbocycles. The third-order valence-corrected chi connectivity index (χ3v) is 4.89. The standard InChI is InChI=1S/C14H25N3S/c1-10(15)9-13-7-5-4-6-8-17(13)14-16-11(2)12(3)18-14/h10,13H,4-9,15H2,1-3H3. The maximum Gasteiger partial charge on any atom is 0.186 e. The maximum atomic E-state index is 6.01. The lowest BCUT2D eigenvalue weighted by Gasteiger charge is -2.30. The van der Waals surface area contributed by atoms with Gasteiger partial charge in [-0.15, -0.1) is 11.3 Å². The third kappa shape index (κ3) is 3.23. The summed E-state index contributed by atoms with van der Waals surface area (Å²) >= 11 is 1.83. The number of rotatable bonds is 3. The van der Waals surface area contributed by atoms with Gasteiger partial charge in [0.1, 0.15) is 0 Å². The Morgan fingerprint density at radius 1 is 1.39 bits per heavy atom. The maximum absolute atomic E-state index is 6.01. The summed E-state index contributed by atoms with van der Waals surface area (Å²) in [5.41, 5.74) is 7.19. The number of anilines is 1. The number of aryl methyl sites for hydroxylation is 2. The van der Waals surface area contributed by atoms with Gasteiger partial charge in [-0.25, -0.2) is 4.98 Å². The molecule has 3 nitrogen and oxygen atoms in total. The molecule has 0 bridgehead atoms. The quantitative estimate of drug-likeness (QED) is 0.914. The van der Waals surface area contributed by atoms with Crippen molar-refractivity contribution >= 4 is 16.5 Å². The lowest BCUT2D eigenvalue weighted by Crippen LogP contribution is -2.38. The third-order valence-electron chi connectivity index (χ3n) is 3.78. The second-order valence-corrected chi connectivity index (χ2v) is 6.73. The summed E-state index contributed by atoms with van der Waals surface area (Å²) in [6, 6.07) is 0.857. The predicted molar refractivity (Wildman–Crippen MR) is 79.5 cm³/mol. The van der Waals surface area contributed by atoms with Crippen LogP contribution in [0.4, 0.5) is 5.13 Å². The SMILES string of the molecule is Cc1nc(N2CCCCCC2CC(C)N)sc1C. The summed E-state index contributed by atoms with van der Waals surface area (Å²) in [5.74, 6) is 0. The van der Waals surface area contributed by atoms with E-state index in [4.69, 9.17) is 10.7 Å². The molecular weight excluding hydrogens is 242 g/mol. The number of aromatic nitrogens is 1.